The van der Waals surface area contributed by atoms with Gasteiger partial charge in [0.15, 0.2) is 0 Å². The number of nitro groups is 1. The van der Waals surface area contributed by atoms with E-state index >= 15 is 0 Å². The van der Waals surface area contributed by atoms with Crippen LogP contribution in [0.5, 0.6) is 0 Å². The van der Waals surface area contributed by atoms with Crippen LogP contribution in [0.15, 0.2) is 41.1 Å². The highest BCUT2D eigenvalue weighted by molar-refractivity contribution is 9.10. The zero-order valence-corrected chi connectivity index (χ0v) is 11.5. The first-order valence-electron chi connectivity index (χ1n) is 5.61. The van der Waals surface area contributed by atoms with Crippen LogP contribution in [0.2, 0.25) is 0 Å². The van der Waals surface area contributed by atoms with Crippen molar-refractivity contribution in [3.63, 3.8) is 0 Å². The van der Waals surface area contributed by atoms with E-state index in [-0.39, 0.29) is 11.5 Å². The standard InChI is InChI=1S/C12H11BrN4O2/c13-10-5-8-16-12(11(10)17(18)19)15-7-4-9-3-1-2-6-14-9/h1-3,5-6,8H,4,7H2,(H,15,16). The lowest BCUT2D eigenvalue weighted by Crippen LogP contribution is -2.09. The predicted octanol–water partition coefficient (Wildman–Crippen LogP) is 2.80. The van der Waals surface area contributed by atoms with Crippen LogP contribution in [-0.2, 0) is 6.42 Å². The normalized spacial score (nSPS) is 10.2. The first kappa shape index (κ1) is 13.4. The topological polar surface area (TPSA) is 81.0 Å². The maximum atomic E-state index is 11.0. The lowest BCUT2D eigenvalue weighted by atomic mass is 10.2. The van der Waals surface area contributed by atoms with Gasteiger partial charge < -0.3 is 5.32 Å². The van der Waals surface area contributed by atoms with Crippen molar-refractivity contribution in [3.05, 3.63) is 56.9 Å². The Morgan fingerprint density at radius 1 is 1.26 bits per heavy atom. The highest BCUT2D eigenvalue weighted by Gasteiger charge is 2.18. The van der Waals surface area contributed by atoms with E-state index in [4.69, 9.17) is 0 Å². The molecule has 0 saturated carbocycles. The van der Waals surface area contributed by atoms with Crippen molar-refractivity contribution in [3.8, 4) is 0 Å². The van der Waals surface area contributed by atoms with E-state index in [0.717, 1.165) is 5.69 Å². The molecule has 2 heterocycles. The predicted molar refractivity (Wildman–Crippen MR) is 75.0 cm³/mol. The molecule has 0 radical (unpaired) electrons. The number of rotatable bonds is 5. The van der Waals surface area contributed by atoms with Crippen molar-refractivity contribution in [1.82, 2.24) is 9.97 Å². The van der Waals surface area contributed by atoms with Gasteiger partial charge in [-0.25, -0.2) is 4.98 Å². The van der Waals surface area contributed by atoms with Crippen molar-refractivity contribution in [2.24, 2.45) is 0 Å². The lowest BCUT2D eigenvalue weighted by molar-refractivity contribution is -0.385. The maximum absolute atomic E-state index is 11.0. The Balaban J connectivity index is 2.04. The van der Waals surface area contributed by atoms with Gasteiger partial charge in [-0.05, 0) is 34.1 Å². The lowest BCUT2D eigenvalue weighted by Gasteiger charge is -2.06. The third-order valence-corrected chi connectivity index (χ3v) is 3.10. The summed E-state index contributed by atoms with van der Waals surface area (Å²) >= 11 is 3.15. The zero-order chi connectivity index (χ0) is 13.7. The average Bonchev–Trinajstić information content (AvgIpc) is 2.39. The quantitative estimate of drug-likeness (QED) is 0.676. The summed E-state index contributed by atoms with van der Waals surface area (Å²) in [6, 6.07) is 7.20. The van der Waals surface area contributed by atoms with Crippen LogP contribution in [0.4, 0.5) is 11.5 Å². The first-order valence-corrected chi connectivity index (χ1v) is 6.40. The fourth-order valence-corrected chi connectivity index (χ4v) is 2.04. The van der Waals surface area contributed by atoms with Crippen LogP contribution in [0, 0.1) is 10.1 Å². The third-order valence-electron chi connectivity index (χ3n) is 2.46. The second-order valence-electron chi connectivity index (χ2n) is 3.74. The molecule has 19 heavy (non-hydrogen) atoms. The molecular weight excluding hydrogens is 312 g/mol. The minimum atomic E-state index is -0.458. The van der Waals surface area contributed by atoms with E-state index in [9.17, 15) is 10.1 Å². The van der Waals surface area contributed by atoms with E-state index in [1.807, 2.05) is 18.2 Å². The summed E-state index contributed by atoms with van der Waals surface area (Å²) in [5, 5.41) is 13.9. The highest BCUT2D eigenvalue weighted by Crippen LogP contribution is 2.30. The van der Waals surface area contributed by atoms with Crippen molar-refractivity contribution in [1.29, 1.82) is 0 Å². The van der Waals surface area contributed by atoms with Crippen LogP contribution in [0.1, 0.15) is 5.69 Å². The molecule has 1 N–H and O–H groups in total. The number of aromatic nitrogens is 2. The zero-order valence-electron chi connectivity index (χ0n) is 9.91. The van der Waals surface area contributed by atoms with Crippen molar-refractivity contribution >= 4 is 27.4 Å². The molecule has 0 saturated heterocycles. The molecule has 2 aromatic rings. The van der Waals surface area contributed by atoms with Gasteiger partial charge in [-0.2, -0.15) is 0 Å². The fraction of sp³-hybridized carbons (Fsp3) is 0.167. The van der Waals surface area contributed by atoms with E-state index in [1.54, 1.807) is 12.3 Å². The van der Waals surface area contributed by atoms with Crippen LogP contribution in [0.3, 0.4) is 0 Å². The monoisotopic (exact) mass is 322 g/mol. The molecule has 98 valence electrons. The largest absolute Gasteiger partial charge is 0.364 e. The molecule has 0 aliphatic heterocycles. The van der Waals surface area contributed by atoms with Gasteiger partial charge in [0.1, 0.15) is 4.47 Å². The molecule has 2 aromatic heterocycles. The van der Waals surface area contributed by atoms with E-state index in [1.165, 1.54) is 6.20 Å². The molecule has 0 atom stereocenters. The van der Waals surface area contributed by atoms with Gasteiger partial charge in [-0.1, -0.05) is 6.07 Å². The van der Waals surface area contributed by atoms with Crippen LogP contribution < -0.4 is 5.32 Å². The highest BCUT2D eigenvalue weighted by atomic mass is 79.9. The average molecular weight is 323 g/mol. The summed E-state index contributed by atoms with van der Waals surface area (Å²) < 4.78 is 0.410. The maximum Gasteiger partial charge on any atom is 0.325 e. The van der Waals surface area contributed by atoms with Gasteiger partial charge in [-0.3, -0.25) is 15.1 Å². The molecule has 7 heteroatoms. The molecule has 0 fully saturated rings. The Labute approximate surface area is 118 Å². The molecule has 0 aromatic carbocycles. The minimum Gasteiger partial charge on any atom is -0.364 e. The molecule has 2 rings (SSSR count). The summed E-state index contributed by atoms with van der Waals surface area (Å²) in [6.07, 6.45) is 3.90. The first-order chi connectivity index (χ1) is 9.18. The third kappa shape index (κ3) is 3.47. The number of nitrogens with one attached hydrogen (secondary N) is 1. The number of nitrogens with zero attached hydrogens (tertiary/aromatic N) is 3. The molecule has 0 unspecified atom stereocenters. The second kappa shape index (κ2) is 6.24. The summed E-state index contributed by atoms with van der Waals surface area (Å²) in [5.74, 6) is 0.260. The van der Waals surface area contributed by atoms with E-state index in [2.05, 4.69) is 31.2 Å². The van der Waals surface area contributed by atoms with Crippen LogP contribution in [-0.4, -0.2) is 21.4 Å². The molecule has 6 nitrogen and oxygen atoms in total. The van der Waals surface area contributed by atoms with Gasteiger partial charge in [-0.15, -0.1) is 0 Å². The number of hydrogen-bond acceptors (Lipinski definition) is 5. The second-order valence-corrected chi connectivity index (χ2v) is 4.60. The number of pyridine rings is 2. The van der Waals surface area contributed by atoms with Crippen molar-refractivity contribution in [2.45, 2.75) is 6.42 Å². The van der Waals surface area contributed by atoms with E-state index < -0.39 is 4.92 Å². The summed E-state index contributed by atoms with van der Waals surface area (Å²) in [5.41, 5.74) is 0.871. The summed E-state index contributed by atoms with van der Waals surface area (Å²) in [4.78, 5) is 18.7. The number of hydrogen-bond donors (Lipinski definition) is 1. The Hall–Kier alpha value is -2.02. The Morgan fingerprint density at radius 2 is 2.11 bits per heavy atom. The smallest absolute Gasteiger partial charge is 0.325 e. The summed E-state index contributed by atoms with van der Waals surface area (Å²) in [6.45, 7) is 0.529. The molecular formula is C12H11BrN4O2. The Kier molecular flexibility index (Phi) is 4.40. The molecule has 0 spiro atoms. The summed E-state index contributed by atoms with van der Waals surface area (Å²) in [7, 11) is 0. The SMILES string of the molecule is O=[N+]([O-])c1c(Br)ccnc1NCCc1ccccn1. The fourth-order valence-electron chi connectivity index (χ4n) is 1.59. The number of halogens is 1. The van der Waals surface area contributed by atoms with Crippen LogP contribution >= 0.6 is 15.9 Å². The molecule has 0 aliphatic rings. The van der Waals surface area contributed by atoms with E-state index in [0.29, 0.717) is 17.4 Å². The Morgan fingerprint density at radius 3 is 2.79 bits per heavy atom. The van der Waals surface area contributed by atoms with Gasteiger partial charge in [0.2, 0.25) is 5.82 Å². The molecule has 0 aliphatic carbocycles. The Bertz CT molecular complexity index is 577. The van der Waals surface area contributed by atoms with Crippen LogP contribution in [0.25, 0.3) is 0 Å². The van der Waals surface area contributed by atoms with Gasteiger partial charge in [0, 0.05) is 31.1 Å². The van der Waals surface area contributed by atoms with Gasteiger partial charge in [0.05, 0.1) is 4.92 Å². The van der Waals surface area contributed by atoms with Crippen molar-refractivity contribution < 1.29 is 4.92 Å². The van der Waals surface area contributed by atoms with Gasteiger partial charge in [0.25, 0.3) is 0 Å². The van der Waals surface area contributed by atoms with Gasteiger partial charge >= 0.3 is 5.69 Å². The molecule has 0 bridgehead atoms. The van der Waals surface area contributed by atoms with Crippen molar-refractivity contribution in [2.75, 3.05) is 11.9 Å². The number of anilines is 1. The molecule has 0 amide bonds. The minimum absolute atomic E-state index is 0.0523.